The van der Waals surface area contributed by atoms with Crippen LogP contribution in [0, 0.1) is 0 Å². The van der Waals surface area contributed by atoms with E-state index in [9.17, 15) is 14.4 Å². The molecule has 1 N–H and O–H groups in total. The van der Waals surface area contributed by atoms with Crippen molar-refractivity contribution in [2.45, 2.75) is 19.4 Å². The van der Waals surface area contributed by atoms with Crippen molar-refractivity contribution in [3.63, 3.8) is 0 Å². The second kappa shape index (κ2) is 7.52. The quantitative estimate of drug-likeness (QED) is 0.730. The van der Waals surface area contributed by atoms with Crippen LogP contribution < -0.4 is 11.1 Å². The molecule has 3 aromatic rings. The molecule has 144 valence electrons. The Morgan fingerprint density at radius 2 is 1.86 bits per heavy atom. The molecule has 8 heteroatoms. The Morgan fingerprint density at radius 1 is 1.11 bits per heavy atom. The third-order valence-electron chi connectivity index (χ3n) is 4.75. The zero-order valence-electron chi connectivity index (χ0n) is 15.0. The van der Waals surface area contributed by atoms with Gasteiger partial charge in [-0.3, -0.25) is 14.2 Å². The van der Waals surface area contributed by atoms with E-state index in [1.54, 1.807) is 47.4 Å². The van der Waals surface area contributed by atoms with Gasteiger partial charge in [-0.05, 0) is 43.2 Å². The van der Waals surface area contributed by atoms with Crippen LogP contribution in [0.3, 0.4) is 0 Å². The number of amides is 2. The Balaban J connectivity index is 1.58. The topological polar surface area (TPSA) is 84.5 Å². The number of carbonyl (C=O) groups excluding carboxylic acids is 2. The summed E-state index contributed by atoms with van der Waals surface area (Å²) in [5.74, 6) is -1.21. The largest absolute Gasteiger partial charge is 0.420 e. The molecule has 0 saturated carbocycles. The van der Waals surface area contributed by atoms with E-state index in [1.165, 1.54) is 4.57 Å². The number of nitrogens with one attached hydrogen (secondary N) is 1. The fourth-order valence-electron chi connectivity index (χ4n) is 3.39. The summed E-state index contributed by atoms with van der Waals surface area (Å²) in [6.07, 6.45) is 1.93. The predicted molar refractivity (Wildman–Crippen MR) is 106 cm³/mol. The first-order chi connectivity index (χ1) is 13.5. The molecule has 0 aliphatic carbocycles. The molecule has 1 aliphatic rings. The molecule has 1 saturated heterocycles. The third kappa shape index (κ3) is 3.53. The summed E-state index contributed by atoms with van der Waals surface area (Å²) in [5, 5.41) is 3.14. The molecule has 2 aromatic carbocycles. The van der Waals surface area contributed by atoms with Gasteiger partial charge >= 0.3 is 5.76 Å². The van der Waals surface area contributed by atoms with E-state index in [1.807, 2.05) is 0 Å². The number of aromatic nitrogens is 1. The Morgan fingerprint density at radius 3 is 2.64 bits per heavy atom. The number of para-hydroxylation sites is 2. The molecule has 0 atom stereocenters. The number of carbonyl (C=O) groups is 2. The lowest BCUT2D eigenvalue weighted by Crippen LogP contribution is -2.30. The third-order valence-corrected chi connectivity index (χ3v) is 4.99. The van der Waals surface area contributed by atoms with Crippen molar-refractivity contribution in [2.24, 2.45) is 0 Å². The molecule has 0 radical (unpaired) electrons. The minimum absolute atomic E-state index is 0.166. The molecular weight excluding hydrogens is 382 g/mol. The van der Waals surface area contributed by atoms with E-state index >= 15 is 0 Å². The molecule has 1 fully saturated rings. The number of hydrogen-bond donors (Lipinski definition) is 1. The number of nitrogens with zero attached hydrogens (tertiary/aromatic N) is 2. The van der Waals surface area contributed by atoms with Crippen molar-refractivity contribution < 1.29 is 14.0 Å². The zero-order valence-corrected chi connectivity index (χ0v) is 15.7. The fourth-order valence-corrected chi connectivity index (χ4v) is 3.56. The van der Waals surface area contributed by atoms with Crippen LogP contribution in [-0.2, 0) is 11.3 Å². The zero-order chi connectivity index (χ0) is 19.7. The first-order valence-corrected chi connectivity index (χ1v) is 9.38. The highest BCUT2D eigenvalue weighted by molar-refractivity contribution is 6.31. The van der Waals surface area contributed by atoms with E-state index in [0.717, 1.165) is 12.8 Å². The van der Waals surface area contributed by atoms with Crippen LogP contribution in [0.15, 0.2) is 51.7 Å². The molecule has 7 nitrogen and oxygen atoms in total. The first kappa shape index (κ1) is 18.3. The summed E-state index contributed by atoms with van der Waals surface area (Å²) in [7, 11) is 0. The summed E-state index contributed by atoms with van der Waals surface area (Å²) in [5.41, 5.74) is 1.66. The molecular formula is C20H18ClN3O4. The summed E-state index contributed by atoms with van der Waals surface area (Å²) in [4.78, 5) is 39.2. The molecule has 0 bridgehead atoms. The van der Waals surface area contributed by atoms with E-state index in [4.69, 9.17) is 16.0 Å². The molecule has 1 aliphatic heterocycles. The van der Waals surface area contributed by atoms with Crippen LogP contribution >= 0.6 is 11.6 Å². The average Bonchev–Trinajstić information content (AvgIpc) is 3.31. The summed E-state index contributed by atoms with van der Waals surface area (Å²) >= 11 is 6.06. The first-order valence-electron chi connectivity index (χ1n) is 9.00. The highest BCUT2D eigenvalue weighted by Crippen LogP contribution is 2.24. The van der Waals surface area contributed by atoms with Gasteiger partial charge in [0.2, 0.25) is 5.91 Å². The van der Waals surface area contributed by atoms with Crippen LogP contribution in [0.2, 0.25) is 5.02 Å². The predicted octanol–water partition coefficient (Wildman–Crippen LogP) is 3.12. The van der Waals surface area contributed by atoms with Gasteiger partial charge in [0.1, 0.15) is 6.54 Å². The number of fused-ring (bicyclic) bond motifs is 1. The van der Waals surface area contributed by atoms with E-state index in [-0.39, 0.29) is 12.5 Å². The van der Waals surface area contributed by atoms with Gasteiger partial charge < -0.3 is 14.6 Å². The van der Waals surface area contributed by atoms with Crippen molar-refractivity contribution in [3.8, 4) is 0 Å². The van der Waals surface area contributed by atoms with Gasteiger partial charge in [0.25, 0.3) is 5.91 Å². The Bertz CT molecular complexity index is 1110. The molecule has 1 aromatic heterocycles. The van der Waals surface area contributed by atoms with Gasteiger partial charge in [0.15, 0.2) is 5.58 Å². The number of likely N-dealkylation sites (tertiary alicyclic amines) is 1. The van der Waals surface area contributed by atoms with E-state index in [0.29, 0.717) is 40.5 Å². The van der Waals surface area contributed by atoms with Gasteiger partial charge in [-0.2, -0.15) is 0 Å². The second-order valence-electron chi connectivity index (χ2n) is 6.66. The maximum atomic E-state index is 12.8. The van der Waals surface area contributed by atoms with Crippen LogP contribution in [0.1, 0.15) is 23.2 Å². The monoisotopic (exact) mass is 399 g/mol. The van der Waals surface area contributed by atoms with E-state index in [2.05, 4.69) is 5.32 Å². The Labute approximate surface area is 165 Å². The van der Waals surface area contributed by atoms with Crippen LogP contribution in [0.5, 0.6) is 0 Å². The highest BCUT2D eigenvalue weighted by atomic mass is 35.5. The van der Waals surface area contributed by atoms with Gasteiger partial charge in [-0.25, -0.2) is 4.79 Å². The SMILES string of the molecule is O=C(Cn1c(=O)oc2ccccc21)Nc1ccc(Cl)cc1C(=O)N1CCCC1. The summed E-state index contributed by atoms with van der Waals surface area (Å²) in [6.45, 7) is 1.15. The molecule has 28 heavy (non-hydrogen) atoms. The minimum atomic E-state index is -0.610. The summed E-state index contributed by atoms with van der Waals surface area (Å²) < 4.78 is 6.40. The molecule has 0 spiro atoms. The molecule has 0 unspecified atom stereocenters. The number of benzene rings is 2. The van der Waals surface area contributed by atoms with Crippen LogP contribution in [0.4, 0.5) is 5.69 Å². The van der Waals surface area contributed by atoms with Gasteiger partial charge in [0.05, 0.1) is 16.8 Å². The molecule has 2 heterocycles. The molecule has 2 amide bonds. The second-order valence-corrected chi connectivity index (χ2v) is 7.10. The number of hydrogen-bond acceptors (Lipinski definition) is 4. The lowest BCUT2D eigenvalue weighted by Gasteiger charge is -2.18. The van der Waals surface area contributed by atoms with E-state index < -0.39 is 11.7 Å². The Kier molecular flexibility index (Phi) is 4.92. The van der Waals surface area contributed by atoms with Crippen molar-refractivity contribution in [1.29, 1.82) is 0 Å². The van der Waals surface area contributed by atoms with Gasteiger partial charge in [0, 0.05) is 18.1 Å². The number of oxazole rings is 1. The maximum absolute atomic E-state index is 12.8. The standard InChI is InChI=1S/C20H18ClN3O4/c21-13-7-8-15(14(11-13)19(26)23-9-3-4-10-23)22-18(25)12-24-16-5-1-2-6-17(16)28-20(24)27/h1-2,5-8,11H,3-4,9-10,12H2,(H,22,25). The summed E-state index contributed by atoms with van der Waals surface area (Å²) in [6, 6.07) is 11.6. The van der Waals surface area contributed by atoms with Crippen molar-refractivity contribution >= 4 is 40.2 Å². The van der Waals surface area contributed by atoms with Crippen molar-refractivity contribution in [2.75, 3.05) is 18.4 Å². The highest BCUT2D eigenvalue weighted by Gasteiger charge is 2.23. The molecule has 4 rings (SSSR count). The van der Waals surface area contributed by atoms with Gasteiger partial charge in [-0.1, -0.05) is 23.7 Å². The normalized spacial score (nSPS) is 13.8. The lowest BCUT2D eigenvalue weighted by atomic mass is 10.1. The van der Waals surface area contributed by atoms with Crippen LogP contribution in [0.25, 0.3) is 11.1 Å². The van der Waals surface area contributed by atoms with Crippen LogP contribution in [-0.4, -0.2) is 34.4 Å². The minimum Gasteiger partial charge on any atom is -0.408 e. The Hall–Kier alpha value is -3.06. The number of rotatable bonds is 4. The number of anilines is 1. The van der Waals surface area contributed by atoms with Crippen molar-refractivity contribution in [3.05, 3.63) is 63.6 Å². The lowest BCUT2D eigenvalue weighted by molar-refractivity contribution is -0.116. The van der Waals surface area contributed by atoms with Gasteiger partial charge in [-0.15, -0.1) is 0 Å². The average molecular weight is 400 g/mol. The fraction of sp³-hybridized carbons (Fsp3) is 0.250. The number of halogens is 1. The van der Waals surface area contributed by atoms with Crippen molar-refractivity contribution in [1.82, 2.24) is 9.47 Å². The maximum Gasteiger partial charge on any atom is 0.420 e. The smallest absolute Gasteiger partial charge is 0.408 e.